The van der Waals surface area contributed by atoms with Crippen molar-refractivity contribution >= 4 is 23.2 Å². The molecule has 0 aromatic carbocycles. The number of likely N-dealkylation sites (tertiary alicyclic amines) is 2. The van der Waals surface area contributed by atoms with E-state index in [1.165, 1.54) is 11.3 Å². The lowest BCUT2D eigenvalue weighted by molar-refractivity contribution is -0.135. The zero-order valence-electron chi connectivity index (χ0n) is 12.6. The van der Waals surface area contributed by atoms with Crippen molar-refractivity contribution in [3.8, 4) is 0 Å². The van der Waals surface area contributed by atoms with Gasteiger partial charge < -0.3 is 9.80 Å². The maximum Gasteiger partial charge on any atom is 0.273 e. The fraction of sp³-hybridized carbons (Fsp3) is 0.667. The zero-order valence-corrected chi connectivity index (χ0v) is 13.4. The fourth-order valence-corrected chi connectivity index (χ4v) is 4.07. The van der Waals surface area contributed by atoms with Gasteiger partial charge in [-0.2, -0.15) is 0 Å². The molecule has 2 aliphatic rings. The van der Waals surface area contributed by atoms with Crippen LogP contribution >= 0.6 is 11.3 Å². The normalized spacial score (nSPS) is 26.5. The summed E-state index contributed by atoms with van der Waals surface area (Å²) < 4.78 is 0. The van der Waals surface area contributed by atoms with Crippen molar-refractivity contribution in [1.29, 1.82) is 0 Å². The number of aryl methyl sites for hydroxylation is 1. The van der Waals surface area contributed by atoms with Gasteiger partial charge in [0.05, 0.1) is 10.4 Å². The second-order valence-corrected chi connectivity index (χ2v) is 7.22. The van der Waals surface area contributed by atoms with Crippen molar-refractivity contribution in [3.05, 3.63) is 16.1 Å². The Morgan fingerprint density at radius 2 is 2.05 bits per heavy atom. The Hall–Kier alpha value is -1.43. The molecule has 0 saturated carbocycles. The average Bonchev–Trinajstić information content (AvgIpc) is 2.93. The topological polar surface area (TPSA) is 53.5 Å². The van der Waals surface area contributed by atoms with E-state index in [1.54, 1.807) is 0 Å². The van der Waals surface area contributed by atoms with E-state index in [4.69, 9.17) is 0 Å². The largest absolute Gasteiger partial charge is 0.345 e. The third kappa shape index (κ3) is 2.57. The summed E-state index contributed by atoms with van der Waals surface area (Å²) in [5.41, 5.74) is 0.324. The van der Waals surface area contributed by atoms with Crippen LogP contribution in [0.15, 0.2) is 5.38 Å². The van der Waals surface area contributed by atoms with Gasteiger partial charge in [0.1, 0.15) is 5.69 Å². The van der Waals surface area contributed by atoms with Gasteiger partial charge in [-0.05, 0) is 32.6 Å². The Morgan fingerprint density at radius 3 is 2.67 bits per heavy atom. The number of hydrogen-bond donors (Lipinski definition) is 0. The highest BCUT2D eigenvalue weighted by molar-refractivity contribution is 7.09. The van der Waals surface area contributed by atoms with Gasteiger partial charge in [-0.15, -0.1) is 11.3 Å². The van der Waals surface area contributed by atoms with E-state index in [2.05, 4.69) is 4.98 Å². The molecule has 2 saturated heterocycles. The van der Waals surface area contributed by atoms with E-state index in [9.17, 15) is 9.59 Å². The molecule has 0 aliphatic carbocycles. The van der Waals surface area contributed by atoms with Gasteiger partial charge in [-0.1, -0.05) is 0 Å². The summed E-state index contributed by atoms with van der Waals surface area (Å²) in [5, 5.41) is 2.74. The molecule has 1 aromatic rings. The molecule has 0 unspecified atom stereocenters. The molecule has 6 heteroatoms. The van der Waals surface area contributed by atoms with E-state index < -0.39 is 0 Å². The van der Waals surface area contributed by atoms with Crippen LogP contribution in [0, 0.1) is 12.3 Å². The number of carbonyl (C=O) groups is 2. The highest BCUT2D eigenvalue weighted by Crippen LogP contribution is 2.41. The summed E-state index contributed by atoms with van der Waals surface area (Å²) in [7, 11) is 1.88. The van der Waals surface area contributed by atoms with E-state index in [0.29, 0.717) is 12.2 Å². The summed E-state index contributed by atoms with van der Waals surface area (Å²) in [6, 6.07) is 0. The lowest BCUT2D eigenvalue weighted by atomic mass is 9.79. The molecule has 0 bridgehead atoms. The minimum absolute atomic E-state index is 0.00944. The van der Waals surface area contributed by atoms with Crippen LogP contribution in [0.2, 0.25) is 0 Å². The van der Waals surface area contributed by atoms with E-state index >= 15 is 0 Å². The van der Waals surface area contributed by atoms with Gasteiger partial charge in [-0.3, -0.25) is 9.59 Å². The van der Waals surface area contributed by atoms with Gasteiger partial charge in [0.2, 0.25) is 5.91 Å². The number of hydrogen-bond acceptors (Lipinski definition) is 4. The van der Waals surface area contributed by atoms with Crippen molar-refractivity contribution in [2.24, 2.45) is 5.41 Å². The molecule has 2 fully saturated rings. The molecule has 0 radical (unpaired) electrons. The quantitative estimate of drug-likeness (QED) is 0.796. The van der Waals surface area contributed by atoms with Crippen molar-refractivity contribution in [2.75, 3.05) is 26.7 Å². The molecular formula is C15H21N3O2S. The van der Waals surface area contributed by atoms with E-state index in [-0.39, 0.29) is 17.2 Å². The number of aromatic nitrogens is 1. The highest BCUT2D eigenvalue weighted by Gasteiger charge is 2.46. The van der Waals surface area contributed by atoms with Gasteiger partial charge in [0, 0.05) is 32.1 Å². The highest BCUT2D eigenvalue weighted by atomic mass is 32.1. The predicted octanol–water partition coefficient (Wildman–Crippen LogP) is 1.93. The lowest BCUT2D eigenvalue weighted by Gasteiger charge is -2.25. The molecule has 21 heavy (non-hydrogen) atoms. The zero-order chi connectivity index (χ0) is 15.0. The molecule has 114 valence electrons. The number of amides is 2. The average molecular weight is 307 g/mol. The Morgan fingerprint density at radius 1 is 1.29 bits per heavy atom. The molecule has 3 heterocycles. The molecule has 1 spiro atoms. The third-order valence-electron chi connectivity index (χ3n) is 4.80. The second kappa shape index (κ2) is 5.40. The van der Waals surface area contributed by atoms with Crippen LogP contribution in [-0.2, 0) is 4.79 Å². The van der Waals surface area contributed by atoms with Crippen LogP contribution in [0.5, 0.6) is 0 Å². The van der Waals surface area contributed by atoms with Crippen LogP contribution in [0.1, 0.15) is 41.2 Å². The fourth-order valence-electron chi connectivity index (χ4n) is 3.48. The van der Waals surface area contributed by atoms with E-state index in [0.717, 1.165) is 43.8 Å². The number of thiazole rings is 1. The van der Waals surface area contributed by atoms with E-state index in [1.807, 2.05) is 29.2 Å². The lowest BCUT2D eigenvalue weighted by Crippen LogP contribution is -2.35. The molecule has 2 aliphatic heterocycles. The third-order valence-corrected chi connectivity index (χ3v) is 5.57. The first-order valence-corrected chi connectivity index (χ1v) is 8.37. The Kier molecular flexibility index (Phi) is 3.73. The van der Waals surface area contributed by atoms with Crippen molar-refractivity contribution in [3.63, 3.8) is 0 Å². The number of nitrogens with zero attached hydrogens (tertiary/aromatic N) is 3. The first-order chi connectivity index (χ1) is 10.0. The molecule has 2 amide bonds. The van der Waals surface area contributed by atoms with Gasteiger partial charge >= 0.3 is 0 Å². The van der Waals surface area contributed by atoms with Gasteiger partial charge in [0.25, 0.3) is 5.91 Å². The van der Waals surface area contributed by atoms with Crippen LogP contribution in [0.3, 0.4) is 0 Å². The van der Waals surface area contributed by atoms with Crippen LogP contribution < -0.4 is 0 Å². The van der Waals surface area contributed by atoms with Crippen molar-refractivity contribution in [2.45, 2.75) is 32.6 Å². The monoisotopic (exact) mass is 307 g/mol. The first-order valence-electron chi connectivity index (χ1n) is 7.49. The Balaban J connectivity index is 1.71. The van der Waals surface area contributed by atoms with Crippen LogP contribution in [0.4, 0.5) is 0 Å². The Labute approximate surface area is 129 Å². The summed E-state index contributed by atoms with van der Waals surface area (Å²) in [6.07, 6.45) is 3.51. The van der Waals surface area contributed by atoms with Crippen LogP contribution in [0.25, 0.3) is 0 Å². The smallest absolute Gasteiger partial charge is 0.273 e. The van der Waals surface area contributed by atoms with Crippen molar-refractivity contribution < 1.29 is 9.59 Å². The Bertz CT molecular complexity index is 571. The molecule has 5 nitrogen and oxygen atoms in total. The SMILES string of the molecule is Cc1nc(C(=O)N2CCC[C@]3(CCN(C)C3=O)CC2)cs1. The predicted molar refractivity (Wildman–Crippen MR) is 81.3 cm³/mol. The molecule has 0 N–H and O–H groups in total. The molecule has 1 atom stereocenters. The van der Waals surface area contributed by atoms with Crippen molar-refractivity contribution in [1.82, 2.24) is 14.8 Å². The molecular weight excluding hydrogens is 286 g/mol. The van der Waals surface area contributed by atoms with Crippen LogP contribution in [-0.4, -0.2) is 53.3 Å². The standard InChI is InChI=1S/C15H21N3O2S/c1-11-16-12(10-21-11)13(19)18-7-3-4-15(6-9-18)5-8-17(2)14(15)20/h10H,3-9H2,1-2H3/t15-/m0/s1. The molecule has 3 rings (SSSR count). The summed E-state index contributed by atoms with van der Waals surface area (Å²) in [5.74, 6) is 0.275. The minimum Gasteiger partial charge on any atom is -0.345 e. The maximum absolute atomic E-state index is 12.5. The number of rotatable bonds is 1. The second-order valence-electron chi connectivity index (χ2n) is 6.15. The summed E-state index contributed by atoms with van der Waals surface area (Å²) in [4.78, 5) is 32.9. The molecule has 1 aromatic heterocycles. The maximum atomic E-state index is 12.5. The number of carbonyl (C=O) groups excluding carboxylic acids is 2. The first kappa shape index (κ1) is 14.5. The summed E-state index contributed by atoms with van der Waals surface area (Å²) in [6.45, 7) is 4.15. The van der Waals surface area contributed by atoms with Gasteiger partial charge in [0.15, 0.2) is 0 Å². The van der Waals surface area contributed by atoms with Gasteiger partial charge in [-0.25, -0.2) is 4.98 Å². The minimum atomic E-state index is -0.220. The summed E-state index contributed by atoms with van der Waals surface area (Å²) >= 11 is 1.50.